The molecule has 0 aliphatic carbocycles. The molecule has 2 rings (SSSR count). The molecule has 0 spiro atoms. The number of benzene rings is 1. The van der Waals surface area contributed by atoms with Crippen LogP contribution in [-0.2, 0) is 0 Å². The van der Waals surface area contributed by atoms with Gasteiger partial charge in [-0.25, -0.2) is 0 Å². The molecule has 0 radical (unpaired) electrons. The van der Waals surface area contributed by atoms with Crippen molar-refractivity contribution in [3.63, 3.8) is 0 Å². The highest BCUT2D eigenvalue weighted by molar-refractivity contribution is 6.07. The molecule has 2 aromatic rings. The van der Waals surface area contributed by atoms with Crippen molar-refractivity contribution in [2.75, 3.05) is 12.4 Å². The van der Waals surface area contributed by atoms with Gasteiger partial charge in [0.05, 0.1) is 0 Å². The van der Waals surface area contributed by atoms with Crippen molar-refractivity contribution in [2.24, 2.45) is 4.99 Å². The van der Waals surface area contributed by atoms with Gasteiger partial charge in [-0.3, -0.25) is 9.98 Å². The number of hydrogen-bond acceptors (Lipinski definition) is 2. The Kier molecular flexibility index (Phi) is 3.28. The molecule has 0 saturated carbocycles. The van der Waals surface area contributed by atoms with E-state index in [9.17, 15) is 0 Å². The van der Waals surface area contributed by atoms with Crippen molar-refractivity contribution in [2.45, 2.75) is 0 Å². The number of rotatable bonds is 2. The first kappa shape index (κ1) is 10.4. The summed E-state index contributed by atoms with van der Waals surface area (Å²) in [5.74, 6) is 0.819. The molecule has 0 unspecified atom stereocenters. The first-order valence-electron chi connectivity index (χ1n) is 5.09. The topological polar surface area (TPSA) is 37.3 Å². The van der Waals surface area contributed by atoms with Crippen LogP contribution < -0.4 is 5.32 Å². The average Bonchev–Trinajstić information content (AvgIpc) is 2.38. The van der Waals surface area contributed by atoms with Gasteiger partial charge in [-0.2, -0.15) is 0 Å². The van der Waals surface area contributed by atoms with Crippen LogP contribution in [-0.4, -0.2) is 17.9 Å². The van der Waals surface area contributed by atoms with Gasteiger partial charge < -0.3 is 5.32 Å². The molecular formula is C13H13N3. The van der Waals surface area contributed by atoms with Crippen molar-refractivity contribution in [3.05, 3.63) is 60.4 Å². The van der Waals surface area contributed by atoms with E-state index in [1.165, 1.54) is 0 Å². The molecule has 1 aromatic carbocycles. The number of aliphatic imine (C=N–C) groups is 1. The lowest BCUT2D eigenvalue weighted by atomic mass is 10.2. The fourth-order valence-electron chi connectivity index (χ4n) is 1.42. The summed E-state index contributed by atoms with van der Waals surface area (Å²) in [6, 6.07) is 13.8. The number of pyridine rings is 1. The van der Waals surface area contributed by atoms with Gasteiger partial charge in [0, 0.05) is 30.7 Å². The molecule has 1 heterocycles. The SMILES string of the molecule is CN=C(Nc1ccccc1)c1cccnc1. The molecule has 0 bridgehead atoms. The van der Waals surface area contributed by atoms with Gasteiger partial charge in [-0.15, -0.1) is 0 Å². The second-order valence-electron chi connectivity index (χ2n) is 3.30. The summed E-state index contributed by atoms with van der Waals surface area (Å²) in [7, 11) is 1.76. The van der Waals surface area contributed by atoms with Gasteiger partial charge in [-0.05, 0) is 24.3 Å². The Balaban J connectivity index is 2.20. The van der Waals surface area contributed by atoms with E-state index >= 15 is 0 Å². The van der Waals surface area contributed by atoms with Crippen molar-refractivity contribution < 1.29 is 0 Å². The van der Waals surface area contributed by atoms with E-state index in [1.54, 1.807) is 19.4 Å². The monoisotopic (exact) mass is 211 g/mol. The fourth-order valence-corrected chi connectivity index (χ4v) is 1.42. The number of para-hydroxylation sites is 1. The normalized spacial score (nSPS) is 11.2. The maximum atomic E-state index is 4.22. The molecule has 16 heavy (non-hydrogen) atoms. The Hall–Kier alpha value is -2.16. The minimum Gasteiger partial charge on any atom is -0.340 e. The van der Waals surface area contributed by atoms with Gasteiger partial charge >= 0.3 is 0 Å². The number of hydrogen-bond donors (Lipinski definition) is 1. The quantitative estimate of drug-likeness (QED) is 0.612. The zero-order valence-corrected chi connectivity index (χ0v) is 9.09. The molecule has 0 atom stereocenters. The minimum atomic E-state index is 0.819. The third kappa shape index (κ3) is 2.45. The Morgan fingerprint density at radius 1 is 1.12 bits per heavy atom. The van der Waals surface area contributed by atoms with Gasteiger partial charge in [0.1, 0.15) is 5.84 Å². The first-order valence-corrected chi connectivity index (χ1v) is 5.09. The maximum Gasteiger partial charge on any atom is 0.134 e. The van der Waals surface area contributed by atoms with E-state index < -0.39 is 0 Å². The zero-order valence-electron chi connectivity index (χ0n) is 9.09. The summed E-state index contributed by atoms with van der Waals surface area (Å²) in [4.78, 5) is 8.29. The van der Waals surface area contributed by atoms with E-state index in [0.29, 0.717) is 0 Å². The predicted octanol–water partition coefficient (Wildman–Crippen LogP) is 2.57. The molecule has 0 saturated heterocycles. The van der Waals surface area contributed by atoms with Crippen molar-refractivity contribution in [1.29, 1.82) is 0 Å². The van der Waals surface area contributed by atoms with Crippen LogP contribution in [0, 0.1) is 0 Å². The van der Waals surface area contributed by atoms with Crippen LogP contribution in [0.25, 0.3) is 0 Å². The lowest BCUT2D eigenvalue weighted by Crippen LogP contribution is -2.13. The largest absolute Gasteiger partial charge is 0.340 e. The van der Waals surface area contributed by atoms with Gasteiger partial charge in [0.15, 0.2) is 0 Å². The van der Waals surface area contributed by atoms with Crippen LogP contribution in [0.3, 0.4) is 0 Å². The van der Waals surface area contributed by atoms with Crippen LogP contribution in [0.5, 0.6) is 0 Å². The minimum absolute atomic E-state index is 0.819. The van der Waals surface area contributed by atoms with E-state index in [-0.39, 0.29) is 0 Å². The number of anilines is 1. The highest BCUT2D eigenvalue weighted by atomic mass is 15.0. The Labute approximate surface area is 94.9 Å². The molecule has 0 aliphatic rings. The number of amidine groups is 1. The lowest BCUT2D eigenvalue weighted by molar-refractivity contribution is 1.30. The van der Waals surface area contributed by atoms with E-state index in [2.05, 4.69) is 15.3 Å². The number of aromatic nitrogens is 1. The van der Waals surface area contributed by atoms with Crippen LogP contribution >= 0.6 is 0 Å². The van der Waals surface area contributed by atoms with E-state index in [0.717, 1.165) is 17.1 Å². The van der Waals surface area contributed by atoms with Crippen LogP contribution in [0.4, 0.5) is 5.69 Å². The zero-order chi connectivity index (χ0) is 11.2. The molecule has 3 nitrogen and oxygen atoms in total. The maximum absolute atomic E-state index is 4.22. The smallest absolute Gasteiger partial charge is 0.134 e. The van der Waals surface area contributed by atoms with Gasteiger partial charge in [-0.1, -0.05) is 18.2 Å². The molecule has 3 heteroatoms. The predicted molar refractivity (Wildman–Crippen MR) is 66.8 cm³/mol. The Bertz CT molecular complexity index is 463. The van der Waals surface area contributed by atoms with Gasteiger partial charge in [0.25, 0.3) is 0 Å². The van der Waals surface area contributed by atoms with Crippen LogP contribution in [0.1, 0.15) is 5.56 Å². The summed E-state index contributed by atoms with van der Waals surface area (Å²) >= 11 is 0. The molecule has 1 aromatic heterocycles. The van der Waals surface area contributed by atoms with Crippen molar-refractivity contribution in [1.82, 2.24) is 4.98 Å². The lowest BCUT2D eigenvalue weighted by Gasteiger charge is -2.08. The highest BCUT2D eigenvalue weighted by Crippen LogP contribution is 2.08. The standard InChI is InChI=1S/C13H13N3/c1-14-13(11-6-5-9-15-10-11)16-12-7-3-2-4-8-12/h2-10H,1H3,(H,14,16). The molecule has 0 fully saturated rings. The highest BCUT2D eigenvalue weighted by Gasteiger charge is 2.01. The van der Waals surface area contributed by atoms with Crippen molar-refractivity contribution in [3.8, 4) is 0 Å². The van der Waals surface area contributed by atoms with E-state index in [1.807, 2.05) is 42.5 Å². The van der Waals surface area contributed by atoms with Crippen molar-refractivity contribution >= 4 is 11.5 Å². The Morgan fingerprint density at radius 3 is 2.56 bits per heavy atom. The summed E-state index contributed by atoms with van der Waals surface area (Å²) in [5.41, 5.74) is 2.00. The first-order chi connectivity index (χ1) is 7.90. The van der Waals surface area contributed by atoms with E-state index in [4.69, 9.17) is 0 Å². The third-order valence-electron chi connectivity index (χ3n) is 2.20. The van der Waals surface area contributed by atoms with Crippen LogP contribution in [0.2, 0.25) is 0 Å². The molecular weight excluding hydrogens is 198 g/mol. The van der Waals surface area contributed by atoms with Gasteiger partial charge in [0.2, 0.25) is 0 Å². The summed E-state index contributed by atoms with van der Waals surface area (Å²) in [6.07, 6.45) is 3.54. The summed E-state index contributed by atoms with van der Waals surface area (Å²) < 4.78 is 0. The molecule has 80 valence electrons. The molecule has 1 N–H and O–H groups in total. The third-order valence-corrected chi connectivity index (χ3v) is 2.20. The molecule has 0 amide bonds. The molecule has 0 aliphatic heterocycles. The average molecular weight is 211 g/mol. The second-order valence-corrected chi connectivity index (χ2v) is 3.30. The fraction of sp³-hybridized carbons (Fsp3) is 0.0769. The number of nitrogens with zero attached hydrogens (tertiary/aromatic N) is 2. The summed E-state index contributed by atoms with van der Waals surface area (Å²) in [5, 5.41) is 3.25. The van der Waals surface area contributed by atoms with Crippen LogP contribution in [0.15, 0.2) is 59.9 Å². The summed E-state index contributed by atoms with van der Waals surface area (Å²) in [6.45, 7) is 0. The second kappa shape index (κ2) is 5.07. The number of nitrogens with one attached hydrogen (secondary N) is 1. The Morgan fingerprint density at radius 2 is 1.94 bits per heavy atom.